The molecule has 0 atom stereocenters. The summed E-state index contributed by atoms with van der Waals surface area (Å²) in [5.74, 6) is -0.271. The van der Waals surface area contributed by atoms with E-state index in [1.54, 1.807) is 24.3 Å². The van der Waals surface area contributed by atoms with Gasteiger partial charge in [0, 0.05) is 18.3 Å². The lowest BCUT2D eigenvalue weighted by Gasteiger charge is -2.16. The number of nitrogens with zero attached hydrogens (tertiary/aromatic N) is 2. The molecule has 0 spiro atoms. The number of anilines is 1. The number of nitrogens with one attached hydrogen (secondary N) is 1. The maximum Gasteiger partial charge on any atom is 0.271 e. The summed E-state index contributed by atoms with van der Waals surface area (Å²) < 4.78 is 24.4. The lowest BCUT2D eigenvalue weighted by molar-refractivity contribution is 0.0954. The van der Waals surface area contributed by atoms with E-state index in [9.17, 15) is 13.2 Å². The van der Waals surface area contributed by atoms with E-state index in [1.165, 1.54) is 56.3 Å². The van der Waals surface area contributed by atoms with Gasteiger partial charge in [-0.15, -0.1) is 0 Å². The zero-order valence-corrected chi connectivity index (χ0v) is 17.9. The number of carbonyl (C=O) groups excluding carboxylic acids is 1. The zero-order valence-electron chi connectivity index (χ0n) is 17.1. The van der Waals surface area contributed by atoms with Crippen molar-refractivity contribution in [3.63, 3.8) is 0 Å². The van der Waals surface area contributed by atoms with Gasteiger partial charge in [-0.05, 0) is 49.9 Å². The van der Waals surface area contributed by atoms with Crippen LogP contribution in [0.3, 0.4) is 0 Å². The smallest absolute Gasteiger partial charge is 0.271 e. The second kappa shape index (κ2) is 11.2. The molecule has 0 radical (unpaired) electrons. The molecule has 0 aromatic heterocycles. The van der Waals surface area contributed by atoms with Crippen molar-refractivity contribution in [3.05, 3.63) is 29.8 Å². The van der Waals surface area contributed by atoms with Crippen molar-refractivity contribution in [3.8, 4) is 0 Å². The van der Waals surface area contributed by atoms with Crippen LogP contribution in [0.1, 0.15) is 81.0 Å². The van der Waals surface area contributed by atoms with Crippen molar-refractivity contribution >= 4 is 27.3 Å². The molecule has 1 fully saturated rings. The van der Waals surface area contributed by atoms with Gasteiger partial charge in [-0.1, -0.05) is 44.9 Å². The van der Waals surface area contributed by atoms with Gasteiger partial charge < -0.3 is 0 Å². The van der Waals surface area contributed by atoms with Crippen molar-refractivity contribution in [2.75, 3.05) is 17.6 Å². The summed E-state index contributed by atoms with van der Waals surface area (Å²) >= 11 is 0. The highest BCUT2D eigenvalue weighted by Gasteiger charge is 2.13. The number of hydrazone groups is 1. The van der Waals surface area contributed by atoms with Gasteiger partial charge >= 0.3 is 0 Å². The molecule has 0 saturated heterocycles. The maximum absolute atomic E-state index is 12.4. The first-order valence-corrected chi connectivity index (χ1v) is 12.1. The minimum absolute atomic E-state index is 0.271. The first-order chi connectivity index (χ1) is 13.4. The number of amides is 1. The first kappa shape index (κ1) is 22.4. The molecule has 1 saturated carbocycles. The average Bonchev–Trinajstić information content (AvgIpc) is 2.66. The largest absolute Gasteiger partial charge is 0.274 e. The Kier molecular flexibility index (Phi) is 8.96. The topological polar surface area (TPSA) is 78.8 Å². The van der Waals surface area contributed by atoms with E-state index in [2.05, 4.69) is 10.5 Å². The summed E-state index contributed by atoms with van der Waals surface area (Å²) in [6.45, 7) is 0. The van der Waals surface area contributed by atoms with Crippen LogP contribution in [-0.2, 0) is 10.0 Å². The van der Waals surface area contributed by atoms with Crippen molar-refractivity contribution in [2.45, 2.75) is 70.6 Å². The van der Waals surface area contributed by atoms with E-state index < -0.39 is 10.0 Å². The minimum atomic E-state index is -3.32. The van der Waals surface area contributed by atoms with Gasteiger partial charge in [0.25, 0.3) is 5.91 Å². The number of rotatable bonds is 4. The SMILES string of the molecule is CN(c1ccc(C(=O)NN=C2CCCCCCCCCCC2)cc1)S(C)(=O)=O. The molecule has 6 nitrogen and oxygen atoms in total. The van der Waals surface area contributed by atoms with Crippen molar-refractivity contribution in [1.29, 1.82) is 0 Å². The molecule has 1 aliphatic carbocycles. The fraction of sp³-hybridized carbons (Fsp3) is 0.619. The maximum atomic E-state index is 12.4. The van der Waals surface area contributed by atoms with E-state index in [0.717, 1.165) is 37.7 Å². The number of hydrogen-bond acceptors (Lipinski definition) is 4. The third kappa shape index (κ3) is 7.62. The quantitative estimate of drug-likeness (QED) is 0.748. The second-order valence-corrected chi connectivity index (χ2v) is 9.59. The Labute approximate surface area is 169 Å². The van der Waals surface area contributed by atoms with Gasteiger partial charge in [-0.2, -0.15) is 5.10 Å². The summed E-state index contributed by atoms with van der Waals surface area (Å²) in [5.41, 5.74) is 4.73. The van der Waals surface area contributed by atoms with E-state index in [1.807, 2.05) is 0 Å². The van der Waals surface area contributed by atoms with Gasteiger partial charge in [0.1, 0.15) is 0 Å². The van der Waals surface area contributed by atoms with Crippen LogP contribution in [0.2, 0.25) is 0 Å². The molecule has 28 heavy (non-hydrogen) atoms. The molecule has 1 aromatic carbocycles. The van der Waals surface area contributed by atoms with Crippen molar-refractivity contribution < 1.29 is 13.2 Å². The minimum Gasteiger partial charge on any atom is -0.274 e. The molecule has 1 N–H and O–H groups in total. The third-order valence-corrected chi connectivity index (χ3v) is 6.44. The first-order valence-electron chi connectivity index (χ1n) is 10.3. The Morgan fingerprint density at radius 2 is 1.36 bits per heavy atom. The van der Waals surface area contributed by atoms with Crippen LogP contribution >= 0.6 is 0 Å². The van der Waals surface area contributed by atoms with E-state index >= 15 is 0 Å². The van der Waals surface area contributed by atoms with Gasteiger partial charge in [-0.25, -0.2) is 13.8 Å². The summed E-state index contributed by atoms with van der Waals surface area (Å²) in [7, 11) is -1.83. The lowest BCUT2D eigenvalue weighted by Crippen LogP contribution is -2.25. The van der Waals surface area contributed by atoms with Crippen molar-refractivity contribution in [2.24, 2.45) is 5.10 Å². The van der Waals surface area contributed by atoms with E-state index in [0.29, 0.717) is 11.3 Å². The normalized spacial score (nSPS) is 17.1. The Hall–Kier alpha value is -1.89. The number of sulfonamides is 1. The second-order valence-electron chi connectivity index (χ2n) is 7.58. The Morgan fingerprint density at radius 1 is 0.893 bits per heavy atom. The summed E-state index contributed by atoms with van der Waals surface area (Å²) in [5, 5.41) is 4.40. The zero-order chi connectivity index (χ0) is 20.4. The fourth-order valence-corrected chi connectivity index (χ4v) is 3.85. The van der Waals surface area contributed by atoms with Crippen LogP contribution in [0.5, 0.6) is 0 Å². The highest BCUT2D eigenvalue weighted by atomic mass is 32.2. The number of benzene rings is 1. The highest BCUT2D eigenvalue weighted by Crippen LogP contribution is 2.17. The standard InChI is InChI=1S/C21H33N3O3S/c1-24(28(2,26)27)20-16-14-18(15-17-20)21(25)23-22-19-12-10-8-6-4-3-5-7-9-11-13-19/h14-17H,3-13H2,1-2H3,(H,23,25). The number of hydrogen-bond donors (Lipinski definition) is 1. The van der Waals surface area contributed by atoms with Crippen molar-refractivity contribution in [1.82, 2.24) is 5.43 Å². The number of carbonyl (C=O) groups is 1. The molecule has 0 aliphatic heterocycles. The Bertz CT molecular complexity index is 744. The predicted molar refractivity (Wildman–Crippen MR) is 115 cm³/mol. The van der Waals surface area contributed by atoms with Crippen LogP contribution < -0.4 is 9.73 Å². The molecule has 1 amide bonds. The third-order valence-electron chi connectivity index (χ3n) is 5.24. The fourth-order valence-electron chi connectivity index (χ4n) is 3.34. The molecule has 1 aliphatic rings. The summed E-state index contributed by atoms with van der Waals surface area (Å²) in [6.07, 6.45) is 14.3. The summed E-state index contributed by atoms with van der Waals surface area (Å²) in [4.78, 5) is 12.4. The molecule has 156 valence electrons. The monoisotopic (exact) mass is 407 g/mol. The van der Waals surface area contributed by atoms with Crippen LogP contribution in [0.15, 0.2) is 29.4 Å². The molecule has 7 heteroatoms. The van der Waals surface area contributed by atoms with Crippen LogP contribution in [0.25, 0.3) is 0 Å². The van der Waals surface area contributed by atoms with Crippen LogP contribution in [0, 0.1) is 0 Å². The van der Waals surface area contributed by atoms with Gasteiger partial charge in [-0.3, -0.25) is 9.10 Å². The Balaban J connectivity index is 1.95. The molecule has 0 unspecified atom stereocenters. The van der Waals surface area contributed by atoms with Crippen LogP contribution in [0.4, 0.5) is 5.69 Å². The van der Waals surface area contributed by atoms with E-state index in [-0.39, 0.29) is 5.91 Å². The predicted octanol–water partition coefficient (Wildman–Crippen LogP) is 4.47. The molecule has 0 heterocycles. The lowest BCUT2D eigenvalue weighted by atomic mass is 10.00. The highest BCUT2D eigenvalue weighted by molar-refractivity contribution is 7.92. The van der Waals surface area contributed by atoms with Gasteiger partial charge in [0.05, 0.1) is 11.9 Å². The average molecular weight is 408 g/mol. The van der Waals surface area contributed by atoms with Crippen LogP contribution in [-0.4, -0.2) is 33.3 Å². The molecular weight excluding hydrogens is 374 g/mol. The molecule has 2 rings (SSSR count). The van der Waals surface area contributed by atoms with Gasteiger partial charge in [0.15, 0.2) is 0 Å². The molecule has 1 aromatic rings. The van der Waals surface area contributed by atoms with E-state index in [4.69, 9.17) is 0 Å². The summed E-state index contributed by atoms with van der Waals surface area (Å²) in [6, 6.07) is 6.49. The molecular formula is C21H33N3O3S. The Morgan fingerprint density at radius 3 is 1.82 bits per heavy atom. The molecule has 0 bridgehead atoms. The van der Waals surface area contributed by atoms with Gasteiger partial charge in [0.2, 0.25) is 10.0 Å².